The summed E-state index contributed by atoms with van der Waals surface area (Å²) < 4.78 is 5.79. The molecule has 0 aliphatic heterocycles. The molecule has 0 bridgehead atoms. The van der Waals surface area contributed by atoms with Gasteiger partial charge in [0, 0.05) is 0 Å². The average molecular weight is 411 g/mol. The second kappa shape index (κ2) is 12.2. The Hall–Kier alpha value is -1.59. The maximum atomic E-state index is 12.7. The second-order valence-corrected chi connectivity index (χ2v) is 9.98. The fourth-order valence-electron chi connectivity index (χ4n) is 4.21. The number of nitrogens with one attached hydrogen (secondary N) is 2. The van der Waals surface area contributed by atoms with Gasteiger partial charge in [-0.25, -0.2) is 4.79 Å². The van der Waals surface area contributed by atoms with E-state index < -0.39 is 18.2 Å². The molecule has 1 saturated carbocycles. The van der Waals surface area contributed by atoms with Crippen LogP contribution in [0, 0.1) is 29.6 Å². The normalized spacial score (nSPS) is 24.3. The van der Waals surface area contributed by atoms with E-state index in [1.54, 1.807) is 0 Å². The van der Waals surface area contributed by atoms with Gasteiger partial charge in [0.15, 0.2) is 0 Å². The summed E-state index contributed by atoms with van der Waals surface area (Å²) in [5.41, 5.74) is 0. The van der Waals surface area contributed by atoms with Crippen LogP contribution in [0.25, 0.3) is 0 Å². The highest BCUT2D eigenvalue weighted by atomic mass is 16.6. The van der Waals surface area contributed by atoms with Gasteiger partial charge in [0.05, 0.1) is 6.04 Å². The Balaban J connectivity index is 2.76. The summed E-state index contributed by atoms with van der Waals surface area (Å²) in [6, 6.07) is -1.25. The first kappa shape index (κ1) is 25.4. The van der Waals surface area contributed by atoms with E-state index in [9.17, 15) is 14.4 Å². The summed E-state index contributed by atoms with van der Waals surface area (Å²) in [5.74, 6) is 1.49. The molecule has 0 aromatic rings. The van der Waals surface area contributed by atoms with Crippen molar-refractivity contribution >= 4 is 18.3 Å². The molecule has 6 nitrogen and oxygen atoms in total. The largest absolute Gasteiger partial charge is 0.446 e. The van der Waals surface area contributed by atoms with Crippen LogP contribution in [0.2, 0.25) is 0 Å². The van der Waals surface area contributed by atoms with Crippen LogP contribution in [-0.2, 0) is 14.3 Å². The minimum Gasteiger partial charge on any atom is -0.446 e. The summed E-state index contributed by atoms with van der Waals surface area (Å²) in [7, 11) is 0. The standard InChI is InChI=1S/C23H42N2O4/c1-14(2)10-18(13-26)24-22(27)20(11-15(3)4)25-23(28)29-21-12-17(7)8-9-19(21)16(5)6/h13-21H,8-12H2,1-7H3,(H,24,27)(H,25,28)/t17?,18?,19?,20-,21?/m0/s1. The first-order valence-electron chi connectivity index (χ1n) is 11.3. The van der Waals surface area contributed by atoms with Crippen LogP contribution in [0.15, 0.2) is 0 Å². The highest BCUT2D eigenvalue weighted by molar-refractivity contribution is 5.87. The Morgan fingerprint density at radius 2 is 1.62 bits per heavy atom. The highest BCUT2D eigenvalue weighted by Gasteiger charge is 2.34. The van der Waals surface area contributed by atoms with Gasteiger partial charge in [-0.2, -0.15) is 0 Å². The lowest BCUT2D eigenvalue weighted by Gasteiger charge is -2.37. The number of ether oxygens (including phenoxy) is 1. The third kappa shape index (κ3) is 9.18. The van der Waals surface area contributed by atoms with E-state index in [1.165, 1.54) is 0 Å². The minimum absolute atomic E-state index is 0.120. The van der Waals surface area contributed by atoms with Gasteiger partial charge in [-0.15, -0.1) is 0 Å². The van der Waals surface area contributed by atoms with Crippen LogP contribution < -0.4 is 10.6 Å². The van der Waals surface area contributed by atoms with Crippen LogP contribution in [0.1, 0.15) is 80.6 Å². The summed E-state index contributed by atoms with van der Waals surface area (Å²) in [5, 5.41) is 5.53. The molecule has 6 heteroatoms. The molecule has 0 saturated heterocycles. The smallest absolute Gasteiger partial charge is 0.408 e. The Bertz CT molecular complexity index is 533. The molecule has 0 aromatic heterocycles. The van der Waals surface area contributed by atoms with Crippen molar-refractivity contribution in [1.82, 2.24) is 10.6 Å². The van der Waals surface area contributed by atoms with Crippen molar-refractivity contribution < 1.29 is 19.1 Å². The molecular weight excluding hydrogens is 368 g/mol. The van der Waals surface area contributed by atoms with Crippen molar-refractivity contribution in [2.75, 3.05) is 0 Å². The first-order valence-corrected chi connectivity index (χ1v) is 11.3. The Kier molecular flexibility index (Phi) is 10.7. The van der Waals surface area contributed by atoms with Crippen molar-refractivity contribution in [3.8, 4) is 0 Å². The average Bonchev–Trinajstić information content (AvgIpc) is 2.59. The lowest BCUT2D eigenvalue weighted by atomic mass is 9.75. The Morgan fingerprint density at radius 1 is 1.00 bits per heavy atom. The number of aldehydes is 1. The third-order valence-corrected chi connectivity index (χ3v) is 5.75. The summed E-state index contributed by atoms with van der Waals surface area (Å²) in [6.07, 6.45) is 4.24. The van der Waals surface area contributed by atoms with Gasteiger partial charge in [0.1, 0.15) is 18.4 Å². The van der Waals surface area contributed by atoms with Crippen LogP contribution >= 0.6 is 0 Å². The van der Waals surface area contributed by atoms with Crippen molar-refractivity contribution in [2.45, 2.75) is 98.8 Å². The van der Waals surface area contributed by atoms with E-state index in [-0.39, 0.29) is 23.8 Å². The van der Waals surface area contributed by atoms with Gasteiger partial charge < -0.3 is 20.2 Å². The lowest BCUT2D eigenvalue weighted by Crippen LogP contribution is -2.51. The summed E-state index contributed by atoms with van der Waals surface area (Å²) >= 11 is 0. The Morgan fingerprint density at radius 3 is 2.14 bits per heavy atom. The second-order valence-electron chi connectivity index (χ2n) is 9.98. The van der Waals surface area contributed by atoms with E-state index in [0.717, 1.165) is 25.5 Å². The van der Waals surface area contributed by atoms with E-state index >= 15 is 0 Å². The number of alkyl carbamates (subject to hydrolysis) is 1. The summed E-state index contributed by atoms with van der Waals surface area (Å²) in [4.78, 5) is 36.7. The summed E-state index contributed by atoms with van der Waals surface area (Å²) in [6.45, 7) is 14.5. The zero-order valence-electron chi connectivity index (χ0n) is 19.4. The number of carbonyl (C=O) groups excluding carboxylic acids is 3. The van der Waals surface area contributed by atoms with Crippen molar-refractivity contribution in [3.63, 3.8) is 0 Å². The molecule has 29 heavy (non-hydrogen) atoms. The van der Waals surface area contributed by atoms with Crippen LogP contribution in [0.4, 0.5) is 4.79 Å². The molecule has 0 spiro atoms. The topological polar surface area (TPSA) is 84.5 Å². The van der Waals surface area contributed by atoms with Gasteiger partial charge in [0.2, 0.25) is 5.91 Å². The molecule has 0 heterocycles. The molecule has 1 aliphatic carbocycles. The zero-order chi connectivity index (χ0) is 22.1. The van der Waals surface area contributed by atoms with Crippen molar-refractivity contribution in [1.29, 1.82) is 0 Å². The predicted octanol–water partition coefficient (Wildman–Crippen LogP) is 4.32. The molecule has 1 rings (SSSR count). The molecule has 1 aliphatic rings. The van der Waals surface area contributed by atoms with E-state index in [4.69, 9.17) is 4.74 Å². The van der Waals surface area contributed by atoms with Gasteiger partial charge in [-0.05, 0) is 55.3 Å². The van der Waals surface area contributed by atoms with Crippen molar-refractivity contribution in [2.24, 2.45) is 29.6 Å². The molecule has 0 aromatic carbocycles. The quantitative estimate of drug-likeness (QED) is 0.525. The zero-order valence-corrected chi connectivity index (χ0v) is 19.4. The maximum Gasteiger partial charge on any atom is 0.408 e. The van der Waals surface area contributed by atoms with E-state index in [0.29, 0.717) is 30.6 Å². The fourth-order valence-corrected chi connectivity index (χ4v) is 4.21. The Labute approximate surface area is 176 Å². The number of hydrogen-bond acceptors (Lipinski definition) is 4. The lowest BCUT2D eigenvalue weighted by molar-refractivity contribution is -0.126. The molecule has 168 valence electrons. The van der Waals surface area contributed by atoms with E-state index in [1.807, 2.05) is 27.7 Å². The number of hydrogen-bond donors (Lipinski definition) is 2. The number of rotatable bonds is 10. The molecule has 2 amide bonds. The molecule has 1 fully saturated rings. The fraction of sp³-hybridized carbons (Fsp3) is 0.870. The molecule has 2 N–H and O–H groups in total. The first-order chi connectivity index (χ1) is 13.5. The van der Waals surface area contributed by atoms with Crippen molar-refractivity contribution in [3.05, 3.63) is 0 Å². The maximum absolute atomic E-state index is 12.7. The van der Waals surface area contributed by atoms with Crippen LogP contribution in [-0.4, -0.2) is 36.5 Å². The predicted molar refractivity (Wildman–Crippen MR) is 115 cm³/mol. The van der Waals surface area contributed by atoms with Gasteiger partial charge in [-0.3, -0.25) is 4.79 Å². The van der Waals surface area contributed by atoms with Gasteiger partial charge in [-0.1, -0.05) is 54.9 Å². The van der Waals surface area contributed by atoms with E-state index in [2.05, 4.69) is 31.4 Å². The van der Waals surface area contributed by atoms with Gasteiger partial charge >= 0.3 is 6.09 Å². The highest BCUT2D eigenvalue weighted by Crippen LogP contribution is 2.35. The molecule has 5 atom stereocenters. The molecule has 0 radical (unpaired) electrons. The number of carbonyl (C=O) groups is 3. The number of amides is 2. The third-order valence-electron chi connectivity index (χ3n) is 5.75. The minimum atomic E-state index is -0.712. The molecule has 4 unspecified atom stereocenters. The van der Waals surface area contributed by atoms with Crippen LogP contribution in [0.3, 0.4) is 0 Å². The monoisotopic (exact) mass is 410 g/mol. The molecular formula is C23H42N2O4. The van der Waals surface area contributed by atoms with Gasteiger partial charge in [0.25, 0.3) is 0 Å². The SMILES string of the molecule is CC(C)CC(C=O)NC(=O)[C@H](CC(C)C)NC(=O)OC1CC(C)CCC1C(C)C. The van der Waals surface area contributed by atoms with Crippen LogP contribution in [0.5, 0.6) is 0 Å².